The van der Waals surface area contributed by atoms with Crippen molar-refractivity contribution in [3.05, 3.63) is 64.5 Å². The number of ether oxygens (including phenoxy) is 1. The molecule has 6 heteroatoms. The van der Waals surface area contributed by atoms with E-state index in [9.17, 15) is 4.79 Å². The van der Waals surface area contributed by atoms with Gasteiger partial charge in [-0.05, 0) is 44.9 Å². The van der Waals surface area contributed by atoms with Gasteiger partial charge in [0.1, 0.15) is 5.75 Å². The minimum absolute atomic E-state index is 0.180. The molecule has 0 spiro atoms. The first-order chi connectivity index (χ1) is 11.2. The lowest BCUT2D eigenvalue weighted by atomic mass is 10.0. The van der Waals surface area contributed by atoms with Gasteiger partial charge in [-0.25, -0.2) is 5.43 Å². The molecule has 0 aliphatic rings. The number of halogens is 1. The van der Waals surface area contributed by atoms with Crippen LogP contribution in [0.4, 0.5) is 0 Å². The predicted octanol–water partition coefficient (Wildman–Crippen LogP) is 3.97. The average molecular weight is 373 g/mol. The highest BCUT2D eigenvalue weighted by molar-refractivity contribution is 9.10. The molecular weight excluding hydrogens is 360 g/mol. The van der Waals surface area contributed by atoms with Crippen molar-refractivity contribution in [3.63, 3.8) is 0 Å². The van der Waals surface area contributed by atoms with E-state index in [0.29, 0.717) is 10.4 Å². The molecule has 2 aromatic carbocycles. The van der Waals surface area contributed by atoms with Crippen LogP contribution in [0.25, 0.3) is 10.8 Å². The van der Waals surface area contributed by atoms with Gasteiger partial charge < -0.3 is 9.15 Å². The fraction of sp³-hybridized carbons (Fsp3) is 0.0588. The number of hydrazone groups is 1. The Kier molecular flexibility index (Phi) is 4.43. The summed E-state index contributed by atoms with van der Waals surface area (Å²) in [5, 5.41) is 6.06. The highest BCUT2D eigenvalue weighted by Gasteiger charge is 2.10. The zero-order valence-corrected chi connectivity index (χ0v) is 13.8. The summed E-state index contributed by atoms with van der Waals surface area (Å²) in [6.45, 7) is 0. The first kappa shape index (κ1) is 15.3. The molecular formula is C17H13BrN2O3. The SMILES string of the molecule is COc1ccc2ccccc2c1/C=N/NC(=O)c1ccc(Br)o1. The van der Waals surface area contributed by atoms with Gasteiger partial charge in [-0.1, -0.05) is 30.3 Å². The van der Waals surface area contributed by atoms with Gasteiger partial charge in [0.15, 0.2) is 10.4 Å². The summed E-state index contributed by atoms with van der Waals surface area (Å²) >= 11 is 3.15. The number of hydrogen-bond donors (Lipinski definition) is 1. The van der Waals surface area contributed by atoms with E-state index < -0.39 is 5.91 Å². The van der Waals surface area contributed by atoms with Gasteiger partial charge >= 0.3 is 5.91 Å². The van der Waals surface area contributed by atoms with Crippen LogP contribution < -0.4 is 10.2 Å². The van der Waals surface area contributed by atoms with E-state index in [1.165, 1.54) is 0 Å². The Balaban J connectivity index is 1.87. The Morgan fingerprint density at radius 3 is 2.78 bits per heavy atom. The van der Waals surface area contributed by atoms with Crippen LogP contribution in [0.15, 0.2) is 62.7 Å². The molecule has 0 atom stereocenters. The predicted molar refractivity (Wildman–Crippen MR) is 92.0 cm³/mol. The van der Waals surface area contributed by atoms with Crippen LogP contribution in [0.5, 0.6) is 5.75 Å². The number of benzene rings is 2. The lowest BCUT2D eigenvalue weighted by molar-refractivity contribution is 0.0926. The first-order valence-corrected chi connectivity index (χ1v) is 7.63. The summed E-state index contributed by atoms with van der Waals surface area (Å²) in [6.07, 6.45) is 1.57. The molecule has 0 saturated heterocycles. The van der Waals surface area contributed by atoms with Crippen LogP contribution in [0, 0.1) is 0 Å². The maximum absolute atomic E-state index is 11.9. The summed E-state index contributed by atoms with van der Waals surface area (Å²) in [5.74, 6) is 0.438. The molecule has 1 amide bonds. The molecule has 1 heterocycles. The van der Waals surface area contributed by atoms with Gasteiger partial charge in [0.2, 0.25) is 0 Å². The van der Waals surface area contributed by atoms with Gasteiger partial charge in [0, 0.05) is 5.56 Å². The van der Waals surface area contributed by atoms with Crippen molar-refractivity contribution < 1.29 is 13.9 Å². The molecule has 0 aliphatic carbocycles. The Morgan fingerprint density at radius 1 is 1.22 bits per heavy atom. The van der Waals surface area contributed by atoms with Crippen LogP contribution >= 0.6 is 15.9 Å². The molecule has 5 nitrogen and oxygen atoms in total. The molecule has 116 valence electrons. The monoisotopic (exact) mass is 372 g/mol. The van der Waals surface area contributed by atoms with Crippen molar-refractivity contribution in [2.75, 3.05) is 7.11 Å². The van der Waals surface area contributed by atoms with Gasteiger partial charge in [-0.2, -0.15) is 5.10 Å². The molecule has 1 aromatic heterocycles. The maximum atomic E-state index is 11.9. The third-order valence-electron chi connectivity index (χ3n) is 3.31. The Bertz CT molecular complexity index is 886. The summed E-state index contributed by atoms with van der Waals surface area (Å²) in [4.78, 5) is 11.9. The largest absolute Gasteiger partial charge is 0.496 e. The second kappa shape index (κ2) is 6.66. The van der Waals surface area contributed by atoms with E-state index in [2.05, 4.69) is 26.5 Å². The summed E-state index contributed by atoms with van der Waals surface area (Å²) in [6, 6.07) is 14.9. The summed E-state index contributed by atoms with van der Waals surface area (Å²) in [7, 11) is 1.60. The molecule has 23 heavy (non-hydrogen) atoms. The third kappa shape index (κ3) is 3.27. The lowest BCUT2D eigenvalue weighted by Gasteiger charge is -2.08. The minimum Gasteiger partial charge on any atom is -0.496 e. The maximum Gasteiger partial charge on any atom is 0.307 e. The minimum atomic E-state index is -0.425. The number of nitrogens with zero attached hydrogens (tertiary/aromatic N) is 1. The number of methoxy groups -OCH3 is 1. The van der Waals surface area contributed by atoms with Crippen LogP contribution in [0.3, 0.4) is 0 Å². The molecule has 0 aliphatic heterocycles. The van der Waals surface area contributed by atoms with Crippen molar-refractivity contribution in [1.29, 1.82) is 0 Å². The fourth-order valence-corrected chi connectivity index (χ4v) is 2.54. The average Bonchev–Trinajstić information content (AvgIpc) is 3.01. The van der Waals surface area contributed by atoms with E-state index in [4.69, 9.17) is 9.15 Å². The van der Waals surface area contributed by atoms with Crippen LogP contribution in [-0.2, 0) is 0 Å². The van der Waals surface area contributed by atoms with Crippen LogP contribution in [-0.4, -0.2) is 19.2 Å². The van der Waals surface area contributed by atoms with E-state index in [1.54, 1.807) is 25.5 Å². The third-order valence-corrected chi connectivity index (χ3v) is 3.73. The number of nitrogens with one attached hydrogen (secondary N) is 1. The van der Waals surface area contributed by atoms with E-state index in [0.717, 1.165) is 16.3 Å². The quantitative estimate of drug-likeness (QED) is 0.556. The molecule has 0 unspecified atom stereocenters. The van der Waals surface area contributed by atoms with Crippen molar-refractivity contribution in [2.45, 2.75) is 0 Å². The van der Waals surface area contributed by atoms with Gasteiger partial charge in [0.05, 0.1) is 13.3 Å². The molecule has 0 bridgehead atoms. The van der Waals surface area contributed by atoms with Crippen molar-refractivity contribution >= 4 is 38.8 Å². The van der Waals surface area contributed by atoms with E-state index in [1.807, 2.05) is 36.4 Å². The second-order valence-corrected chi connectivity index (χ2v) is 5.49. The number of hydrogen-bond acceptors (Lipinski definition) is 4. The Labute approximate surface area is 141 Å². The topological polar surface area (TPSA) is 63.8 Å². The molecule has 0 saturated carbocycles. The molecule has 1 N–H and O–H groups in total. The first-order valence-electron chi connectivity index (χ1n) is 6.83. The normalized spacial score (nSPS) is 11.0. The van der Waals surface area contributed by atoms with E-state index >= 15 is 0 Å². The highest BCUT2D eigenvalue weighted by atomic mass is 79.9. The number of furan rings is 1. The standard InChI is InChI=1S/C17H13BrN2O3/c1-22-14-7-6-11-4-2-3-5-12(11)13(14)10-19-20-17(21)15-8-9-16(18)23-15/h2-10H,1H3,(H,20,21)/b19-10+. The van der Waals surface area contributed by atoms with Crippen molar-refractivity contribution in [2.24, 2.45) is 5.10 Å². The smallest absolute Gasteiger partial charge is 0.307 e. The Hall–Kier alpha value is -2.60. The highest BCUT2D eigenvalue weighted by Crippen LogP contribution is 2.26. The summed E-state index contributed by atoms with van der Waals surface area (Å²) < 4.78 is 11.0. The zero-order valence-electron chi connectivity index (χ0n) is 12.2. The number of fused-ring (bicyclic) bond motifs is 1. The van der Waals surface area contributed by atoms with Gasteiger partial charge in [0.25, 0.3) is 0 Å². The molecule has 0 fully saturated rings. The van der Waals surface area contributed by atoms with Crippen LogP contribution in [0.2, 0.25) is 0 Å². The van der Waals surface area contributed by atoms with Crippen LogP contribution in [0.1, 0.15) is 16.1 Å². The summed E-state index contributed by atoms with van der Waals surface area (Å²) in [5.41, 5.74) is 3.23. The second-order valence-electron chi connectivity index (χ2n) is 4.71. The molecule has 0 radical (unpaired) electrons. The van der Waals surface area contributed by atoms with Crippen molar-refractivity contribution in [1.82, 2.24) is 5.43 Å². The lowest BCUT2D eigenvalue weighted by Crippen LogP contribution is -2.16. The molecule has 3 aromatic rings. The van der Waals surface area contributed by atoms with Gasteiger partial charge in [-0.3, -0.25) is 4.79 Å². The number of carbonyl (C=O) groups excluding carboxylic acids is 1. The number of rotatable bonds is 4. The van der Waals surface area contributed by atoms with E-state index in [-0.39, 0.29) is 5.76 Å². The zero-order chi connectivity index (χ0) is 16.2. The Morgan fingerprint density at radius 2 is 2.04 bits per heavy atom. The van der Waals surface area contributed by atoms with Gasteiger partial charge in [-0.15, -0.1) is 0 Å². The van der Waals surface area contributed by atoms with Crippen molar-refractivity contribution in [3.8, 4) is 5.75 Å². The number of carbonyl (C=O) groups is 1. The number of amides is 1. The molecule has 3 rings (SSSR count). The fourth-order valence-electron chi connectivity index (χ4n) is 2.23.